The van der Waals surface area contributed by atoms with Gasteiger partial charge in [0, 0.05) is 0 Å². The lowest BCUT2D eigenvalue weighted by Gasteiger charge is -2.11. The lowest BCUT2D eigenvalue weighted by Crippen LogP contribution is -2.34. The van der Waals surface area contributed by atoms with Gasteiger partial charge in [-0.1, -0.05) is 12.1 Å². The minimum atomic E-state index is -1.07. The molecule has 0 bridgehead atoms. The highest BCUT2D eigenvalue weighted by Crippen LogP contribution is 2.23. The number of rotatable bonds is 5. The minimum absolute atomic E-state index is 0.00425. The van der Waals surface area contributed by atoms with Crippen molar-refractivity contribution in [3.8, 4) is 5.75 Å². The third-order valence-electron chi connectivity index (χ3n) is 3.28. The van der Waals surface area contributed by atoms with Crippen molar-refractivity contribution in [2.45, 2.75) is 6.92 Å². The van der Waals surface area contributed by atoms with Crippen molar-refractivity contribution in [2.75, 3.05) is 5.32 Å². The normalized spacial score (nSPS) is 12.0. The summed E-state index contributed by atoms with van der Waals surface area (Å²) in [4.78, 5) is 23.9. The lowest BCUT2D eigenvalue weighted by molar-refractivity contribution is -0.131. The predicted octanol–water partition coefficient (Wildman–Crippen LogP) is 3.02. The second-order valence-electron chi connectivity index (χ2n) is 5.14. The minimum Gasteiger partial charge on any atom is -0.507 e. The maximum absolute atomic E-state index is 13.5. The first-order chi connectivity index (χ1) is 11.9. The highest BCUT2D eigenvalue weighted by atomic mass is 79.9. The highest BCUT2D eigenvalue weighted by Gasteiger charge is 2.22. The third-order valence-corrected chi connectivity index (χ3v) is 3.91. The zero-order valence-corrected chi connectivity index (χ0v) is 14.7. The molecule has 0 heterocycles. The number of nitrogens with zero attached hydrogens (tertiary/aromatic N) is 1. The van der Waals surface area contributed by atoms with E-state index in [4.69, 9.17) is 0 Å². The molecule has 8 heteroatoms. The van der Waals surface area contributed by atoms with Crippen LogP contribution in [0.25, 0.3) is 0 Å². The molecule has 25 heavy (non-hydrogen) atoms. The fourth-order valence-corrected chi connectivity index (χ4v) is 2.19. The van der Waals surface area contributed by atoms with Gasteiger partial charge in [0.15, 0.2) is 0 Å². The van der Waals surface area contributed by atoms with Crippen LogP contribution in [0.1, 0.15) is 12.5 Å². The van der Waals surface area contributed by atoms with E-state index < -0.39 is 23.5 Å². The Morgan fingerprint density at radius 3 is 2.64 bits per heavy atom. The Labute approximate surface area is 151 Å². The maximum atomic E-state index is 13.5. The van der Waals surface area contributed by atoms with E-state index in [2.05, 4.69) is 31.8 Å². The van der Waals surface area contributed by atoms with Gasteiger partial charge < -0.3 is 10.4 Å². The zero-order valence-electron chi connectivity index (χ0n) is 13.2. The van der Waals surface area contributed by atoms with E-state index >= 15 is 0 Å². The molecule has 0 saturated heterocycles. The van der Waals surface area contributed by atoms with Crippen molar-refractivity contribution in [3.63, 3.8) is 0 Å². The number of hydrazone groups is 1. The van der Waals surface area contributed by atoms with Crippen LogP contribution in [-0.2, 0) is 9.59 Å². The highest BCUT2D eigenvalue weighted by molar-refractivity contribution is 9.10. The van der Waals surface area contributed by atoms with Crippen LogP contribution in [0.2, 0.25) is 0 Å². The van der Waals surface area contributed by atoms with Crippen molar-refractivity contribution >= 4 is 39.6 Å². The van der Waals surface area contributed by atoms with Gasteiger partial charge in [-0.2, -0.15) is 5.10 Å². The number of benzene rings is 2. The Kier molecular flexibility index (Phi) is 6.24. The largest absolute Gasteiger partial charge is 0.507 e. The molecule has 0 fully saturated rings. The number of phenols is 1. The van der Waals surface area contributed by atoms with Gasteiger partial charge in [-0.25, -0.2) is 9.82 Å². The number of para-hydroxylation sites is 1. The fraction of sp³-hybridized carbons (Fsp3) is 0.118. The number of aromatic hydroxyl groups is 1. The number of carbonyl (C=O) groups is 2. The fourth-order valence-electron chi connectivity index (χ4n) is 1.79. The number of hydrogen-bond donors (Lipinski definition) is 3. The molecule has 2 rings (SSSR count). The molecule has 0 saturated carbocycles. The van der Waals surface area contributed by atoms with Gasteiger partial charge in [0.1, 0.15) is 17.5 Å². The summed E-state index contributed by atoms with van der Waals surface area (Å²) in [6, 6.07) is 10.4. The number of halogens is 2. The Balaban J connectivity index is 1.93. The van der Waals surface area contributed by atoms with E-state index in [9.17, 15) is 19.1 Å². The smallest absolute Gasteiger partial charge is 0.252 e. The molecular formula is C17H15BrFN3O3. The van der Waals surface area contributed by atoms with Gasteiger partial charge in [0.25, 0.3) is 5.91 Å². The molecule has 2 aromatic carbocycles. The molecule has 0 spiro atoms. The molecule has 1 unspecified atom stereocenters. The molecule has 6 nitrogen and oxygen atoms in total. The van der Waals surface area contributed by atoms with E-state index in [1.165, 1.54) is 37.4 Å². The van der Waals surface area contributed by atoms with Crippen molar-refractivity contribution in [2.24, 2.45) is 11.0 Å². The summed E-state index contributed by atoms with van der Waals surface area (Å²) in [6.07, 6.45) is 1.36. The van der Waals surface area contributed by atoms with E-state index in [-0.39, 0.29) is 11.4 Å². The average molecular weight is 408 g/mol. The van der Waals surface area contributed by atoms with Gasteiger partial charge in [0.05, 0.1) is 16.4 Å². The average Bonchev–Trinajstić information content (AvgIpc) is 2.59. The number of anilines is 1. The van der Waals surface area contributed by atoms with Crippen LogP contribution in [0, 0.1) is 11.7 Å². The second kappa shape index (κ2) is 8.39. The summed E-state index contributed by atoms with van der Waals surface area (Å²) in [6.45, 7) is 1.39. The standard InChI is InChI=1S/C17H15BrFN3O3/c1-10(16(24)21-14-5-3-2-4-13(14)19)17(25)22-20-9-11-6-7-15(23)12(18)8-11/h2-10,23H,1H3,(H,21,24)(H,22,25)/b20-9+. The topological polar surface area (TPSA) is 90.8 Å². The summed E-state index contributed by atoms with van der Waals surface area (Å²) in [5.41, 5.74) is 2.88. The molecule has 0 aliphatic carbocycles. The first-order valence-corrected chi connectivity index (χ1v) is 8.04. The molecule has 2 aromatic rings. The van der Waals surface area contributed by atoms with Crippen LogP contribution in [0.3, 0.4) is 0 Å². The monoisotopic (exact) mass is 407 g/mol. The first-order valence-electron chi connectivity index (χ1n) is 7.25. The molecule has 0 radical (unpaired) electrons. The van der Waals surface area contributed by atoms with Crippen LogP contribution in [-0.4, -0.2) is 23.1 Å². The molecule has 3 N–H and O–H groups in total. The van der Waals surface area contributed by atoms with E-state index in [0.717, 1.165) is 0 Å². The van der Waals surface area contributed by atoms with E-state index in [0.29, 0.717) is 10.0 Å². The number of amides is 2. The Hall–Kier alpha value is -2.74. The summed E-state index contributed by atoms with van der Waals surface area (Å²) in [5.74, 6) is -2.85. The third kappa shape index (κ3) is 5.12. The SMILES string of the molecule is CC(C(=O)N/N=C/c1ccc(O)c(Br)c1)C(=O)Nc1ccccc1F. The van der Waals surface area contributed by atoms with Crippen LogP contribution >= 0.6 is 15.9 Å². The van der Waals surface area contributed by atoms with Gasteiger partial charge in [-0.05, 0) is 58.7 Å². The van der Waals surface area contributed by atoms with Crippen LogP contribution in [0.5, 0.6) is 5.75 Å². The van der Waals surface area contributed by atoms with Gasteiger partial charge in [0.2, 0.25) is 5.91 Å². The Bertz CT molecular complexity index is 827. The first kappa shape index (κ1) is 18.6. The second-order valence-corrected chi connectivity index (χ2v) is 5.99. The number of phenolic OH excluding ortho intramolecular Hbond substituents is 1. The van der Waals surface area contributed by atoms with E-state index in [1.54, 1.807) is 18.2 Å². The van der Waals surface area contributed by atoms with Crippen molar-refractivity contribution in [1.29, 1.82) is 0 Å². The summed E-state index contributed by atoms with van der Waals surface area (Å²) >= 11 is 3.16. The van der Waals surface area contributed by atoms with Gasteiger partial charge in [-0.15, -0.1) is 0 Å². The molecule has 2 amide bonds. The predicted molar refractivity (Wildman–Crippen MR) is 95.7 cm³/mol. The molecule has 0 aliphatic rings. The number of nitrogens with one attached hydrogen (secondary N) is 2. The number of hydrogen-bond acceptors (Lipinski definition) is 4. The Morgan fingerprint density at radius 2 is 1.96 bits per heavy atom. The van der Waals surface area contributed by atoms with Crippen molar-refractivity contribution in [3.05, 3.63) is 58.3 Å². The molecule has 130 valence electrons. The summed E-state index contributed by atoms with van der Waals surface area (Å²) in [5, 5.41) is 15.5. The summed E-state index contributed by atoms with van der Waals surface area (Å²) < 4.78 is 14.0. The molecule has 0 aliphatic heterocycles. The quantitative estimate of drug-likeness (QED) is 0.404. The van der Waals surface area contributed by atoms with Crippen molar-refractivity contribution < 1.29 is 19.1 Å². The maximum Gasteiger partial charge on any atom is 0.252 e. The number of carbonyl (C=O) groups excluding carboxylic acids is 2. The van der Waals surface area contributed by atoms with Crippen LogP contribution < -0.4 is 10.7 Å². The lowest BCUT2D eigenvalue weighted by atomic mass is 10.1. The van der Waals surface area contributed by atoms with E-state index in [1.807, 2.05) is 0 Å². The summed E-state index contributed by atoms with van der Waals surface area (Å²) in [7, 11) is 0. The Morgan fingerprint density at radius 1 is 1.24 bits per heavy atom. The van der Waals surface area contributed by atoms with Crippen LogP contribution in [0.4, 0.5) is 10.1 Å². The van der Waals surface area contributed by atoms with Crippen LogP contribution in [0.15, 0.2) is 52.0 Å². The van der Waals surface area contributed by atoms with Crippen molar-refractivity contribution in [1.82, 2.24) is 5.43 Å². The van der Waals surface area contributed by atoms with Gasteiger partial charge in [-0.3, -0.25) is 9.59 Å². The molecule has 0 aromatic heterocycles. The molecular weight excluding hydrogens is 393 g/mol. The molecule has 1 atom stereocenters. The van der Waals surface area contributed by atoms with Gasteiger partial charge >= 0.3 is 0 Å². The zero-order chi connectivity index (χ0) is 18.4.